The van der Waals surface area contributed by atoms with Gasteiger partial charge in [-0.3, -0.25) is 0 Å². The Kier molecular flexibility index (Phi) is 5.58. The molecule has 1 aromatic rings. The Morgan fingerprint density at radius 2 is 1.89 bits per heavy atom. The fourth-order valence-electron chi connectivity index (χ4n) is 1.79. The van der Waals surface area contributed by atoms with Crippen LogP contribution in [0.4, 0.5) is 11.6 Å². The molecule has 0 amide bonds. The van der Waals surface area contributed by atoms with E-state index < -0.39 is 0 Å². The van der Waals surface area contributed by atoms with Crippen LogP contribution in [0.1, 0.15) is 59.7 Å². The smallest absolute Gasteiger partial charge is 0.138 e. The maximum absolute atomic E-state index is 5.84. The summed E-state index contributed by atoms with van der Waals surface area (Å²) in [7, 11) is 0. The summed E-state index contributed by atoms with van der Waals surface area (Å²) in [6.45, 7) is 11.7. The van der Waals surface area contributed by atoms with Crippen LogP contribution in [0.5, 0.6) is 0 Å². The van der Waals surface area contributed by atoms with Crippen molar-refractivity contribution in [3.05, 3.63) is 11.9 Å². The van der Waals surface area contributed by atoms with Gasteiger partial charge in [0.2, 0.25) is 0 Å². The van der Waals surface area contributed by atoms with Gasteiger partial charge in [0, 0.05) is 18.0 Å². The van der Waals surface area contributed by atoms with Crippen molar-refractivity contribution in [2.45, 2.75) is 59.3 Å². The van der Waals surface area contributed by atoms with E-state index >= 15 is 0 Å². The predicted molar refractivity (Wildman–Crippen MR) is 82.3 cm³/mol. The molecule has 0 bridgehead atoms. The topological polar surface area (TPSA) is 63.8 Å². The largest absolute Gasteiger partial charge is 0.384 e. The molecule has 0 spiro atoms. The third-order valence-electron chi connectivity index (χ3n) is 2.93. The highest BCUT2D eigenvalue weighted by Crippen LogP contribution is 2.21. The highest BCUT2D eigenvalue weighted by Gasteiger charge is 2.18. The molecule has 0 saturated carbocycles. The van der Waals surface area contributed by atoms with Gasteiger partial charge < -0.3 is 11.1 Å². The Hall–Kier alpha value is -1.32. The van der Waals surface area contributed by atoms with E-state index in [0.29, 0.717) is 5.82 Å². The molecule has 1 heterocycles. The Morgan fingerprint density at radius 3 is 2.47 bits per heavy atom. The Labute approximate surface area is 117 Å². The molecular formula is C15H28N4. The van der Waals surface area contributed by atoms with Gasteiger partial charge in [-0.05, 0) is 12.3 Å². The summed E-state index contributed by atoms with van der Waals surface area (Å²) in [5, 5.41) is 3.34. The minimum absolute atomic E-state index is 0.0799. The molecule has 108 valence electrons. The van der Waals surface area contributed by atoms with Gasteiger partial charge in [0.1, 0.15) is 17.5 Å². The van der Waals surface area contributed by atoms with Crippen LogP contribution < -0.4 is 11.1 Å². The maximum Gasteiger partial charge on any atom is 0.138 e. The molecule has 0 fully saturated rings. The first kappa shape index (κ1) is 15.7. The molecule has 19 heavy (non-hydrogen) atoms. The molecule has 0 unspecified atom stereocenters. The van der Waals surface area contributed by atoms with Gasteiger partial charge in [0.15, 0.2) is 0 Å². The normalized spacial score (nSPS) is 11.9. The summed E-state index contributed by atoms with van der Waals surface area (Å²) in [6.07, 6.45) is 3.69. The van der Waals surface area contributed by atoms with Crippen molar-refractivity contribution in [2.75, 3.05) is 17.6 Å². The number of nitrogen functional groups attached to an aromatic ring is 1. The van der Waals surface area contributed by atoms with Gasteiger partial charge in [0.25, 0.3) is 0 Å². The van der Waals surface area contributed by atoms with Crippen molar-refractivity contribution in [3.63, 3.8) is 0 Å². The molecule has 0 atom stereocenters. The number of aromatic nitrogens is 2. The molecule has 0 radical (unpaired) electrons. The molecule has 0 aromatic carbocycles. The van der Waals surface area contributed by atoms with E-state index in [2.05, 4.69) is 49.9 Å². The molecular weight excluding hydrogens is 236 g/mol. The summed E-state index contributed by atoms with van der Waals surface area (Å²) in [5.41, 5.74) is 5.76. The van der Waals surface area contributed by atoms with Crippen LogP contribution in [0.3, 0.4) is 0 Å². The van der Waals surface area contributed by atoms with Crippen molar-refractivity contribution in [3.8, 4) is 0 Å². The Morgan fingerprint density at radius 1 is 1.21 bits per heavy atom. The molecule has 4 nitrogen and oxygen atoms in total. The molecule has 3 N–H and O–H groups in total. The van der Waals surface area contributed by atoms with Crippen LogP contribution >= 0.6 is 0 Å². The van der Waals surface area contributed by atoms with E-state index in [4.69, 9.17) is 5.73 Å². The van der Waals surface area contributed by atoms with Crippen LogP contribution in [-0.2, 0) is 5.41 Å². The number of nitrogens with zero attached hydrogens (tertiary/aromatic N) is 2. The lowest BCUT2D eigenvalue weighted by molar-refractivity contribution is 0.541. The molecule has 0 saturated heterocycles. The number of unbranched alkanes of at least 4 members (excludes halogenated alkanes) is 1. The van der Waals surface area contributed by atoms with Crippen molar-refractivity contribution in [2.24, 2.45) is 5.92 Å². The van der Waals surface area contributed by atoms with Crippen LogP contribution in [0.15, 0.2) is 6.07 Å². The van der Waals surface area contributed by atoms with Crippen molar-refractivity contribution in [1.29, 1.82) is 0 Å². The molecule has 0 aliphatic heterocycles. The lowest BCUT2D eigenvalue weighted by Gasteiger charge is -2.18. The first-order valence-electron chi connectivity index (χ1n) is 7.18. The molecule has 0 aliphatic rings. The minimum atomic E-state index is -0.0799. The summed E-state index contributed by atoms with van der Waals surface area (Å²) in [5.74, 6) is 2.94. The van der Waals surface area contributed by atoms with Crippen molar-refractivity contribution >= 4 is 11.6 Å². The number of hydrogen-bond donors (Lipinski definition) is 2. The van der Waals surface area contributed by atoms with Gasteiger partial charge >= 0.3 is 0 Å². The highest BCUT2D eigenvalue weighted by molar-refractivity contribution is 5.45. The SMILES string of the molecule is CC(C)CCCCNc1cc(N)nc(C(C)(C)C)n1. The zero-order valence-corrected chi connectivity index (χ0v) is 13.0. The first-order chi connectivity index (χ1) is 8.79. The average molecular weight is 264 g/mol. The van der Waals surface area contributed by atoms with Crippen LogP contribution in [-0.4, -0.2) is 16.5 Å². The van der Waals surface area contributed by atoms with Gasteiger partial charge in [-0.15, -0.1) is 0 Å². The predicted octanol–water partition coefficient (Wildman–Crippen LogP) is 3.59. The quantitative estimate of drug-likeness (QED) is 0.771. The van der Waals surface area contributed by atoms with Gasteiger partial charge in [-0.1, -0.05) is 47.5 Å². The Bertz CT molecular complexity index is 394. The van der Waals surface area contributed by atoms with E-state index in [1.807, 2.05) is 0 Å². The third kappa shape index (κ3) is 5.90. The molecule has 1 aromatic heterocycles. The lowest BCUT2D eigenvalue weighted by atomic mass is 9.96. The second-order valence-electron chi connectivity index (χ2n) is 6.57. The Balaban J connectivity index is 2.52. The lowest BCUT2D eigenvalue weighted by Crippen LogP contribution is -2.18. The van der Waals surface area contributed by atoms with E-state index in [9.17, 15) is 0 Å². The standard InChI is InChI=1S/C15H28N4/c1-11(2)8-6-7-9-17-13-10-12(16)18-14(19-13)15(3,4)5/h10-11H,6-9H2,1-5H3,(H3,16,17,18,19). The zero-order chi connectivity index (χ0) is 14.5. The molecule has 4 heteroatoms. The first-order valence-corrected chi connectivity index (χ1v) is 7.18. The highest BCUT2D eigenvalue weighted by atomic mass is 15.1. The third-order valence-corrected chi connectivity index (χ3v) is 2.93. The summed E-state index contributed by atoms with van der Waals surface area (Å²) in [4.78, 5) is 8.83. The number of anilines is 2. The van der Waals surface area contributed by atoms with Crippen molar-refractivity contribution < 1.29 is 0 Å². The monoisotopic (exact) mass is 264 g/mol. The number of nitrogens with two attached hydrogens (primary N) is 1. The van der Waals surface area contributed by atoms with Gasteiger partial charge in [-0.25, -0.2) is 9.97 Å². The second-order valence-corrected chi connectivity index (χ2v) is 6.57. The molecule has 1 rings (SSSR count). The van der Waals surface area contributed by atoms with Crippen LogP contribution in [0.25, 0.3) is 0 Å². The van der Waals surface area contributed by atoms with Crippen LogP contribution in [0, 0.1) is 5.92 Å². The van der Waals surface area contributed by atoms with E-state index in [1.54, 1.807) is 6.07 Å². The van der Waals surface area contributed by atoms with Gasteiger partial charge in [-0.2, -0.15) is 0 Å². The summed E-state index contributed by atoms with van der Waals surface area (Å²) in [6, 6.07) is 1.80. The van der Waals surface area contributed by atoms with E-state index in [0.717, 1.165) is 30.5 Å². The van der Waals surface area contributed by atoms with Gasteiger partial charge in [0.05, 0.1) is 0 Å². The number of nitrogens with one attached hydrogen (secondary N) is 1. The fraction of sp³-hybridized carbons (Fsp3) is 0.733. The average Bonchev–Trinajstić information content (AvgIpc) is 2.26. The van der Waals surface area contributed by atoms with Crippen molar-refractivity contribution in [1.82, 2.24) is 9.97 Å². The summed E-state index contributed by atoms with van der Waals surface area (Å²) >= 11 is 0. The van der Waals surface area contributed by atoms with E-state index in [1.165, 1.54) is 12.8 Å². The number of hydrogen-bond acceptors (Lipinski definition) is 4. The zero-order valence-electron chi connectivity index (χ0n) is 13.0. The second kappa shape index (κ2) is 6.73. The maximum atomic E-state index is 5.84. The number of rotatable bonds is 6. The summed E-state index contributed by atoms with van der Waals surface area (Å²) < 4.78 is 0. The molecule has 0 aliphatic carbocycles. The fourth-order valence-corrected chi connectivity index (χ4v) is 1.79. The van der Waals surface area contributed by atoms with E-state index in [-0.39, 0.29) is 5.41 Å². The minimum Gasteiger partial charge on any atom is -0.384 e. The van der Waals surface area contributed by atoms with Crippen LogP contribution in [0.2, 0.25) is 0 Å².